The molecular formula is C3H6Cl2OS. The second kappa shape index (κ2) is 3.70. The molecule has 0 saturated heterocycles. The average molecular weight is 161 g/mol. The number of hydrogen-bond acceptors (Lipinski definition) is 1. The summed E-state index contributed by atoms with van der Waals surface area (Å²) in [6.45, 7) is 1.65. The zero-order chi connectivity index (χ0) is 5.86. The standard InChI is InChI=1S/C3H6Cl2OS/c1-3(5)7(6)2-4/h3H,2H2,1H3/t3-,7?/m0/s1. The third-order valence-electron chi connectivity index (χ3n) is 0.470. The van der Waals surface area contributed by atoms with Crippen molar-refractivity contribution in [3.8, 4) is 0 Å². The zero-order valence-electron chi connectivity index (χ0n) is 3.86. The van der Waals surface area contributed by atoms with E-state index in [1.165, 1.54) is 0 Å². The van der Waals surface area contributed by atoms with Crippen LogP contribution in [-0.4, -0.2) is 14.1 Å². The second-order valence-electron chi connectivity index (χ2n) is 1.03. The molecule has 0 amide bonds. The summed E-state index contributed by atoms with van der Waals surface area (Å²) in [7, 11) is -1.05. The van der Waals surface area contributed by atoms with Crippen LogP contribution in [0.4, 0.5) is 0 Å². The van der Waals surface area contributed by atoms with Crippen LogP contribution in [0.5, 0.6) is 0 Å². The lowest BCUT2D eigenvalue weighted by Gasteiger charge is -1.94. The number of halogens is 2. The summed E-state index contributed by atoms with van der Waals surface area (Å²) < 4.78 is 10.0. The highest BCUT2D eigenvalue weighted by atomic mass is 35.5. The van der Waals surface area contributed by atoms with Gasteiger partial charge in [0.15, 0.2) is 0 Å². The molecule has 7 heavy (non-hydrogen) atoms. The van der Waals surface area contributed by atoms with E-state index in [9.17, 15) is 4.21 Å². The van der Waals surface area contributed by atoms with E-state index in [2.05, 4.69) is 0 Å². The van der Waals surface area contributed by atoms with E-state index in [1.807, 2.05) is 0 Å². The molecule has 4 heteroatoms. The Labute approximate surface area is 55.4 Å². The lowest BCUT2D eigenvalue weighted by atomic mass is 11.0. The van der Waals surface area contributed by atoms with Gasteiger partial charge in [0.25, 0.3) is 0 Å². The Morgan fingerprint density at radius 1 is 1.86 bits per heavy atom. The van der Waals surface area contributed by atoms with Gasteiger partial charge in [-0.15, -0.1) is 23.2 Å². The van der Waals surface area contributed by atoms with Gasteiger partial charge < -0.3 is 0 Å². The monoisotopic (exact) mass is 160 g/mol. The molecule has 0 N–H and O–H groups in total. The van der Waals surface area contributed by atoms with Gasteiger partial charge >= 0.3 is 0 Å². The number of rotatable bonds is 2. The van der Waals surface area contributed by atoms with Crippen molar-refractivity contribution in [1.82, 2.24) is 0 Å². The molecule has 44 valence electrons. The van der Waals surface area contributed by atoms with Crippen LogP contribution < -0.4 is 0 Å². The minimum absolute atomic E-state index is 0.130. The molecule has 0 bridgehead atoms. The van der Waals surface area contributed by atoms with E-state index < -0.39 is 10.8 Å². The van der Waals surface area contributed by atoms with Crippen LogP contribution in [0.2, 0.25) is 0 Å². The van der Waals surface area contributed by atoms with Gasteiger partial charge in [-0.25, -0.2) is 0 Å². The van der Waals surface area contributed by atoms with Crippen molar-refractivity contribution >= 4 is 34.0 Å². The Morgan fingerprint density at radius 3 is 2.29 bits per heavy atom. The minimum atomic E-state index is -1.05. The molecule has 0 fully saturated rings. The van der Waals surface area contributed by atoms with Gasteiger partial charge in [0, 0.05) is 0 Å². The molecule has 0 aliphatic heterocycles. The first-order valence-corrected chi connectivity index (χ1v) is 4.11. The van der Waals surface area contributed by atoms with E-state index in [4.69, 9.17) is 23.2 Å². The molecule has 0 aromatic heterocycles. The molecular weight excluding hydrogens is 155 g/mol. The first-order chi connectivity index (χ1) is 3.18. The lowest BCUT2D eigenvalue weighted by Crippen LogP contribution is -2.01. The molecule has 0 heterocycles. The Balaban J connectivity index is 3.35. The van der Waals surface area contributed by atoms with Crippen molar-refractivity contribution < 1.29 is 4.21 Å². The topological polar surface area (TPSA) is 17.1 Å². The summed E-state index contributed by atoms with van der Waals surface area (Å²) in [5, 5.41) is 0.130. The van der Waals surface area contributed by atoms with Crippen molar-refractivity contribution in [3.63, 3.8) is 0 Å². The summed E-state index contributed by atoms with van der Waals surface area (Å²) in [4.78, 5) is 0. The summed E-state index contributed by atoms with van der Waals surface area (Å²) in [6, 6.07) is 0. The Morgan fingerprint density at radius 2 is 2.29 bits per heavy atom. The van der Waals surface area contributed by atoms with Crippen LogP contribution in [-0.2, 0) is 10.8 Å². The van der Waals surface area contributed by atoms with Crippen LogP contribution in [0.25, 0.3) is 0 Å². The molecule has 0 rings (SSSR count). The quantitative estimate of drug-likeness (QED) is 0.561. The first kappa shape index (κ1) is 7.73. The summed E-state index contributed by atoms with van der Waals surface area (Å²) in [5.41, 5.74) is 0. The highest BCUT2D eigenvalue weighted by Crippen LogP contribution is 2.01. The maximum Gasteiger partial charge on any atom is 0.107 e. The fraction of sp³-hybridized carbons (Fsp3) is 1.00. The van der Waals surface area contributed by atoms with Crippen molar-refractivity contribution in [1.29, 1.82) is 0 Å². The smallest absolute Gasteiger partial charge is 0.107 e. The van der Waals surface area contributed by atoms with Gasteiger partial charge in [0.1, 0.15) is 4.71 Å². The van der Waals surface area contributed by atoms with E-state index in [0.29, 0.717) is 0 Å². The SMILES string of the molecule is C[C@@H](Cl)S(=O)CCl. The largest absolute Gasteiger partial charge is 0.257 e. The fourth-order valence-electron chi connectivity index (χ4n) is 0.0868. The Hall–Kier alpha value is 0.730. The van der Waals surface area contributed by atoms with Crippen LogP contribution in [0, 0.1) is 0 Å². The third kappa shape index (κ3) is 3.32. The molecule has 0 aliphatic carbocycles. The predicted octanol–water partition coefficient (Wildman–Crippen LogP) is 1.52. The zero-order valence-corrected chi connectivity index (χ0v) is 6.19. The van der Waals surface area contributed by atoms with Crippen LogP contribution in [0.3, 0.4) is 0 Å². The second-order valence-corrected chi connectivity index (χ2v) is 4.29. The van der Waals surface area contributed by atoms with Crippen LogP contribution in [0.1, 0.15) is 6.92 Å². The first-order valence-electron chi connectivity index (χ1n) is 1.75. The molecule has 0 saturated carbocycles. The van der Waals surface area contributed by atoms with E-state index in [-0.39, 0.29) is 9.92 Å². The van der Waals surface area contributed by atoms with Crippen molar-refractivity contribution in [2.75, 3.05) is 5.21 Å². The van der Waals surface area contributed by atoms with Gasteiger partial charge in [-0.2, -0.15) is 0 Å². The summed E-state index contributed by atoms with van der Waals surface area (Å²) in [5.74, 6) is 0. The maximum absolute atomic E-state index is 10.4. The van der Waals surface area contributed by atoms with E-state index >= 15 is 0 Å². The van der Waals surface area contributed by atoms with Crippen molar-refractivity contribution in [2.45, 2.75) is 11.6 Å². The van der Waals surface area contributed by atoms with Crippen LogP contribution >= 0.6 is 23.2 Å². The normalized spacial score (nSPS) is 18.7. The highest BCUT2D eigenvalue weighted by Gasteiger charge is 2.02. The lowest BCUT2D eigenvalue weighted by molar-refractivity contribution is 0.685. The number of alkyl halides is 2. The molecule has 0 spiro atoms. The van der Waals surface area contributed by atoms with Gasteiger partial charge in [-0.3, -0.25) is 4.21 Å². The maximum atomic E-state index is 10.4. The number of hydrogen-bond donors (Lipinski definition) is 0. The van der Waals surface area contributed by atoms with Crippen molar-refractivity contribution in [2.24, 2.45) is 0 Å². The van der Waals surface area contributed by atoms with Gasteiger partial charge in [-0.05, 0) is 6.92 Å². The van der Waals surface area contributed by atoms with Gasteiger partial charge in [0.05, 0.1) is 16.0 Å². The predicted molar refractivity (Wildman–Crippen MR) is 34.2 cm³/mol. The molecule has 0 aromatic rings. The Kier molecular flexibility index (Phi) is 4.08. The highest BCUT2D eigenvalue weighted by molar-refractivity contribution is 7.88. The molecule has 0 aromatic carbocycles. The summed E-state index contributed by atoms with van der Waals surface area (Å²) in [6.07, 6.45) is 0. The molecule has 0 radical (unpaired) electrons. The molecule has 1 nitrogen and oxygen atoms in total. The van der Waals surface area contributed by atoms with E-state index in [1.54, 1.807) is 6.92 Å². The average Bonchev–Trinajstić information content (AvgIpc) is 1.65. The third-order valence-corrected chi connectivity index (χ3v) is 2.65. The molecule has 0 aliphatic rings. The Bertz CT molecular complexity index is 73.3. The van der Waals surface area contributed by atoms with E-state index in [0.717, 1.165) is 0 Å². The van der Waals surface area contributed by atoms with Gasteiger partial charge in [-0.1, -0.05) is 0 Å². The fourth-order valence-corrected chi connectivity index (χ4v) is 1.21. The minimum Gasteiger partial charge on any atom is -0.257 e. The van der Waals surface area contributed by atoms with Gasteiger partial charge in [0.2, 0.25) is 0 Å². The van der Waals surface area contributed by atoms with Crippen molar-refractivity contribution in [3.05, 3.63) is 0 Å². The van der Waals surface area contributed by atoms with Crippen LogP contribution in [0.15, 0.2) is 0 Å². The molecule has 1 unspecified atom stereocenters. The summed E-state index contributed by atoms with van der Waals surface area (Å²) >= 11 is 10.5. The molecule has 2 atom stereocenters.